The molecule has 92 valence electrons. The normalized spacial score (nSPS) is 20.4. The molecule has 0 aromatic heterocycles. The van der Waals surface area contributed by atoms with Crippen LogP contribution in [0.4, 0.5) is 0 Å². The highest BCUT2D eigenvalue weighted by Crippen LogP contribution is 2.28. The maximum Gasteiger partial charge on any atom is 0.270 e. The van der Waals surface area contributed by atoms with Crippen molar-refractivity contribution < 1.29 is 28.5 Å². The number of carbonyl (C=O) groups excluding carboxylic acids is 2. The fraction of sp³-hybridized carbons (Fsp3) is 0.455. The SMILES string of the molecule is COC1=C(OC)C(=O)C2=C(OCCCO2)C1=O. The third kappa shape index (κ3) is 1.75. The highest BCUT2D eigenvalue weighted by atomic mass is 16.5. The Labute approximate surface area is 97.8 Å². The Kier molecular flexibility index (Phi) is 3.03. The summed E-state index contributed by atoms with van der Waals surface area (Å²) in [4.78, 5) is 24.0. The summed E-state index contributed by atoms with van der Waals surface area (Å²) in [6.45, 7) is 0.661. The van der Waals surface area contributed by atoms with Crippen LogP contribution in [-0.4, -0.2) is 39.0 Å². The van der Waals surface area contributed by atoms with Crippen molar-refractivity contribution in [1.29, 1.82) is 0 Å². The summed E-state index contributed by atoms with van der Waals surface area (Å²) in [6, 6.07) is 0. The Morgan fingerprint density at radius 3 is 1.65 bits per heavy atom. The first-order valence-corrected chi connectivity index (χ1v) is 5.12. The highest BCUT2D eigenvalue weighted by molar-refractivity contribution is 6.21. The molecule has 0 saturated carbocycles. The molecule has 1 aliphatic heterocycles. The van der Waals surface area contributed by atoms with Crippen molar-refractivity contribution in [2.75, 3.05) is 27.4 Å². The second-order valence-electron chi connectivity index (χ2n) is 3.43. The Hall–Kier alpha value is -1.98. The zero-order valence-electron chi connectivity index (χ0n) is 9.57. The van der Waals surface area contributed by atoms with E-state index >= 15 is 0 Å². The van der Waals surface area contributed by atoms with Gasteiger partial charge in [0.1, 0.15) is 0 Å². The molecule has 0 amide bonds. The van der Waals surface area contributed by atoms with Gasteiger partial charge in [-0.2, -0.15) is 0 Å². The lowest BCUT2D eigenvalue weighted by Gasteiger charge is -2.19. The van der Waals surface area contributed by atoms with Gasteiger partial charge in [-0.25, -0.2) is 0 Å². The quantitative estimate of drug-likeness (QED) is 0.646. The van der Waals surface area contributed by atoms with Gasteiger partial charge in [0, 0.05) is 6.42 Å². The van der Waals surface area contributed by atoms with Crippen LogP contribution in [0.25, 0.3) is 0 Å². The third-order valence-electron chi connectivity index (χ3n) is 2.43. The van der Waals surface area contributed by atoms with Crippen molar-refractivity contribution in [2.24, 2.45) is 0 Å². The second kappa shape index (κ2) is 4.48. The summed E-state index contributed by atoms with van der Waals surface area (Å²) in [6.07, 6.45) is 0.609. The third-order valence-corrected chi connectivity index (χ3v) is 2.43. The van der Waals surface area contributed by atoms with Crippen molar-refractivity contribution in [2.45, 2.75) is 6.42 Å². The number of Topliss-reactive ketones (excluding diaryl/α,β-unsaturated/α-hetero) is 2. The number of methoxy groups -OCH3 is 2. The fourth-order valence-corrected chi connectivity index (χ4v) is 1.66. The van der Waals surface area contributed by atoms with E-state index in [1.54, 1.807) is 0 Å². The first-order chi connectivity index (χ1) is 8.20. The molecule has 0 unspecified atom stereocenters. The van der Waals surface area contributed by atoms with E-state index in [-0.39, 0.29) is 23.0 Å². The summed E-state index contributed by atoms with van der Waals surface area (Å²) in [7, 11) is 2.59. The molecule has 0 atom stereocenters. The van der Waals surface area contributed by atoms with Gasteiger partial charge in [-0.15, -0.1) is 0 Å². The molecule has 6 nitrogen and oxygen atoms in total. The fourth-order valence-electron chi connectivity index (χ4n) is 1.66. The van der Waals surface area contributed by atoms with Crippen LogP contribution in [0.15, 0.2) is 23.0 Å². The Balaban J connectivity index is 2.47. The Morgan fingerprint density at radius 1 is 0.882 bits per heavy atom. The average Bonchev–Trinajstić information content (AvgIpc) is 2.59. The lowest BCUT2D eigenvalue weighted by atomic mass is 10.1. The summed E-state index contributed by atoms with van der Waals surface area (Å²) < 4.78 is 20.2. The monoisotopic (exact) mass is 240 g/mol. The van der Waals surface area contributed by atoms with Crippen LogP contribution in [0, 0.1) is 0 Å². The maximum atomic E-state index is 12.0. The minimum Gasteiger partial charge on any atom is -0.489 e. The van der Waals surface area contributed by atoms with Crippen molar-refractivity contribution in [3.8, 4) is 0 Å². The number of ketones is 2. The standard InChI is InChI=1S/C11H12O6/c1-14-8-6(12)10-11(7(13)9(8)15-2)17-5-3-4-16-10/h3-5H2,1-2H3. The van der Waals surface area contributed by atoms with Crippen LogP contribution >= 0.6 is 0 Å². The van der Waals surface area contributed by atoms with E-state index in [0.29, 0.717) is 19.6 Å². The molecule has 0 bridgehead atoms. The highest BCUT2D eigenvalue weighted by Gasteiger charge is 2.40. The van der Waals surface area contributed by atoms with E-state index in [1.165, 1.54) is 14.2 Å². The van der Waals surface area contributed by atoms with Gasteiger partial charge < -0.3 is 18.9 Å². The predicted octanol–water partition coefficient (Wildman–Crippen LogP) is 0.291. The van der Waals surface area contributed by atoms with E-state index in [9.17, 15) is 9.59 Å². The summed E-state index contributed by atoms with van der Waals surface area (Å²) >= 11 is 0. The number of rotatable bonds is 2. The number of hydrogen-bond acceptors (Lipinski definition) is 6. The number of hydrogen-bond donors (Lipinski definition) is 0. The summed E-state index contributed by atoms with van der Waals surface area (Å²) in [5.41, 5.74) is 0. The van der Waals surface area contributed by atoms with E-state index in [1.807, 2.05) is 0 Å². The Bertz CT molecular complexity index is 393. The van der Waals surface area contributed by atoms with Crippen molar-refractivity contribution >= 4 is 11.6 Å². The minimum absolute atomic E-state index is 0.0925. The van der Waals surface area contributed by atoms with Crippen LogP contribution in [0.2, 0.25) is 0 Å². The molecule has 1 heterocycles. The first kappa shape index (κ1) is 11.5. The zero-order chi connectivity index (χ0) is 12.4. The van der Waals surface area contributed by atoms with Gasteiger partial charge in [0.05, 0.1) is 27.4 Å². The summed E-state index contributed by atoms with van der Waals surface area (Å²) in [5, 5.41) is 0. The maximum absolute atomic E-state index is 12.0. The van der Waals surface area contributed by atoms with Crippen LogP contribution < -0.4 is 0 Å². The molecule has 0 spiro atoms. The molecule has 2 rings (SSSR count). The summed E-state index contributed by atoms with van der Waals surface area (Å²) in [5.74, 6) is -1.54. The van der Waals surface area contributed by atoms with Crippen molar-refractivity contribution in [1.82, 2.24) is 0 Å². The average molecular weight is 240 g/mol. The van der Waals surface area contributed by atoms with Gasteiger partial charge in [0.25, 0.3) is 11.6 Å². The smallest absolute Gasteiger partial charge is 0.270 e. The van der Waals surface area contributed by atoms with Crippen LogP contribution in [0.5, 0.6) is 0 Å². The lowest BCUT2D eigenvalue weighted by molar-refractivity contribution is -0.125. The topological polar surface area (TPSA) is 71.1 Å². The molecule has 1 aliphatic carbocycles. The molecular formula is C11H12O6. The van der Waals surface area contributed by atoms with Gasteiger partial charge in [-0.3, -0.25) is 9.59 Å². The number of carbonyl (C=O) groups is 2. The van der Waals surface area contributed by atoms with E-state index in [4.69, 9.17) is 18.9 Å². The molecule has 0 radical (unpaired) electrons. The van der Waals surface area contributed by atoms with Crippen LogP contribution in [-0.2, 0) is 28.5 Å². The van der Waals surface area contributed by atoms with Gasteiger partial charge in [-0.05, 0) is 0 Å². The molecular weight excluding hydrogens is 228 g/mol. The minimum atomic E-state index is -0.527. The van der Waals surface area contributed by atoms with E-state index < -0.39 is 11.6 Å². The molecule has 17 heavy (non-hydrogen) atoms. The van der Waals surface area contributed by atoms with Crippen LogP contribution in [0.1, 0.15) is 6.42 Å². The van der Waals surface area contributed by atoms with E-state index in [2.05, 4.69) is 0 Å². The van der Waals surface area contributed by atoms with E-state index in [0.717, 1.165) is 0 Å². The molecule has 0 aromatic rings. The van der Waals surface area contributed by atoms with Gasteiger partial charge in [0.15, 0.2) is 0 Å². The molecule has 6 heteroatoms. The molecule has 0 aromatic carbocycles. The lowest BCUT2D eigenvalue weighted by Crippen LogP contribution is -2.27. The van der Waals surface area contributed by atoms with Gasteiger partial charge in [0.2, 0.25) is 23.0 Å². The number of ether oxygens (including phenoxy) is 4. The second-order valence-corrected chi connectivity index (χ2v) is 3.43. The molecule has 0 saturated heterocycles. The first-order valence-electron chi connectivity index (χ1n) is 5.12. The Morgan fingerprint density at radius 2 is 1.29 bits per heavy atom. The van der Waals surface area contributed by atoms with Crippen LogP contribution in [0.3, 0.4) is 0 Å². The van der Waals surface area contributed by atoms with Crippen molar-refractivity contribution in [3.05, 3.63) is 23.0 Å². The zero-order valence-corrected chi connectivity index (χ0v) is 9.57. The van der Waals surface area contributed by atoms with Gasteiger partial charge >= 0.3 is 0 Å². The predicted molar refractivity (Wildman–Crippen MR) is 54.6 cm³/mol. The van der Waals surface area contributed by atoms with Crippen molar-refractivity contribution in [3.63, 3.8) is 0 Å². The largest absolute Gasteiger partial charge is 0.489 e. The molecule has 2 aliphatic rings. The van der Waals surface area contributed by atoms with Gasteiger partial charge in [-0.1, -0.05) is 0 Å². The molecule has 0 N–H and O–H groups in total. The molecule has 0 fully saturated rings.